The van der Waals surface area contributed by atoms with E-state index in [1.807, 2.05) is 13.8 Å². The van der Waals surface area contributed by atoms with Crippen LogP contribution in [-0.2, 0) is 11.2 Å². The second-order valence-electron chi connectivity index (χ2n) is 4.88. The van der Waals surface area contributed by atoms with Gasteiger partial charge in [0.25, 0.3) is 0 Å². The van der Waals surface area contributed by atoms with Crippen LogP contribution >= 0.6 is 11.6 Å². The quantitative estimate of drug-likeness (QED) is 0.882. The van der Waals surface area contributed by atoms with Crippen LogP contribution in [0.25, 0.3) is 0 Å². The summed E-state index contributed by atoms with van der Waals surface area (Å²) in [7, 11) is 1.67. The average molecular weight is 260 g/mol. The molecule has 2 nitrogen and oxygen atoms in total. The largest absolute Gasteiger partial charge is 0.379 e. The minimum absolute atomic E-state index is 0.0357. The molecule has 0 aliphatic rings. The Balaban J connectivity index is 2.62. The predicted octanol–water partition coefficient (Wildman–Crippen LogP) is 3.16. The van der Waals surface area contributed by atoms with Crippen molar-refractivity contribution in [1.82, 2.24) is 0 Å². The van der Waals surface area contributed by atoms with Gasteiger partial charge < -0.3 is 10.5 Å². The highest BCUT2D eigenvalue weighted by atomic mass is 35.5. The Bertz CT molecular complexity index is 382. The zero-order valence-electron chi connectivity index (χ0n) is 10.5. The van der Waals surface area contributed by atoms with E-state index in [2.05, 4.69) is 0 Å². The Labute approximate surface area is 107 Å². The van der Waals surface area contributed by atoms with Gasteiger partial charge in [0.2, 0.25) is 0 Å². The van der Waals surface area contributed by atoms with Crippen LogP contribution in [0.15, 0.2) is 18.2 Å². The minimum Gasteiger partial charge on any atom is -0.379 e. The molecule has 0 amide bonds. The van der Waals surface area contributed by atoms with Gasteiger partial charge in [0, 0.05) is 13.2 Å². The van der Waals surface area contributed by atoms with Gasteiger partial charge in [-0.25, -0.2) is 4.39 Å². The Morgan fingerprint density at radius 2 is 2.12 bits per heavy atom. The fourth-order valence-electron chi connectivity index (χ4n) is 1.76. The lowest BCUT2D eigenvalue weighted by Gasteiger charge is -2.26. The van der Waals surface area contributed by atoms with Gasteiger partial charge in [0.1, 0.15) is 5.82 Å². The highest BCUT2D eigenvalue weighted by Gasteiger charge is 2.20. The predicted molar refractivity (Wildman–Crippen MR) is 68.8 cm³/mol. The van der Waals surface area contributed by atoms with Crippen LogP contribution in [0.5, 0.6) is 0 Å². The van der Waals surface area contributed by atoms with Crippen LogP contribution in [-0.4, -0.2) is 18.8 Å². The molecule has 0 aliphatic carbocycles. The van der Waals surface area contributed by atoms with Gasteiger partial charge in [-0.1, -0.05) is 17.7 Å². The number of methoxy groups -OCH3 is 1. The zero-order valence-corrected chi connectivity index (χ0v) is 11.2. The number of benzene rings is 1. The van der Waals surface area contributed by atoms with Gasteiger partial charge in [-0.3, -0.25) is 0 Å². The molecule has 1 aromatic carbocycles. The van der Waals surface area contributed by atoms with E-state index >= 15 is 0 Å². The van der Waals surface area contributed by atoms with E-state index in [1.165, 1.54) is 6.07 Å². The van der Waals surface area contributed by atoms with Gasteiger partial charge in [0.15, 0.2) is 0 Å². The van der Waals surface area contributed by atoms with Crippen LogP contribution < -0.4 is 5.73 Å². The molecule has 1 rings (SSSR count). The number of halogens is 2. The van der Waals surface area contributed by atoms with Crippen molar-refractivity contribution in [2.24, 2.45) is 5.73 Å². The van der Waals surface area contributed by atoms with Gasteiger partial charge in [-0.15, -0.1) is 0 Å². The van der Waals surface area contributed by atoms with Crippen molar-refractivity contribution in [3.63, 3.8) is 0 Å². The van der Waals surface area contributed by atoms with Crippen molar-refractivity contribution in [3.05, 3.63) is 34.6 Å². The van der Waals surface area contributed by atoms with Gasteiger partial charge in [-0.05, 0) is 44.4 Å². The molecule has 0 fully saturated rings. The monoisotopic (exact) mass is 259 g/mol. The third-order valence-corrected chi connectivity index (χ3v) is 3.08. The van der Waals surface area contributed by atoms with Crippen LogP contribution in [0.2, 0.25) is 5.02 Å². The first kappa shape index (κ1) is 14.4. The zero-order chi connectivity index (χ0) is 13.1. The fraction of sp³-hybridized carbons (Fsp3) is 0.538. The highest BCUT2D eigenvalue weighted by molar-refractivity contribution is 6.30. The summed E-state index contributed by atoms with van der Waals surface area (Å²) in [5.41, 5.74) is 6.73. The lowest BCUT2D eigenvalue weighted by molar-refractivity contribution is 0.0102. The first-order valence-corrected chi connectivity index (χ1v) is 5.96. The first-order chi connectivity index (χ1) is 7.84. The Morgan fingerprint density at radius 3 is 2.65 bits per heavy atom. The SMILES string of the molecule is COC(C)(C)CC(N)Cc1ccc(F)c(Cl)c1. The summed E-state index contributed by atoms with van der Waals surface area (Å²) in [4.78, 5) is 0. The molecule has 1 atom stereocenters. The maximum absolute atomic E-state index is 13.0. The third-order valence-electron chi connectivity index (χ3n) is 2.79. The number of hydrogen-bond acceptors (Lipinski definition) is 2. The summed E-state index contributed by atoms with van der Waals surface area (Å²) in [6.45, 7) is 3.98. The fourth-order valence-corrected chi connectivity index (χ4v) is 1.96. The van der Waals surface area contributed by atoms with E-state index in [0.717, 1.165) is 12.0 Å². The van der Waals surface area contributed by atoms with Gasteiger partial charge >= 0.3 is 0 Å². The molecular formula is C13H19ClFNO. The molecule has 0 saturated heterocycles. The molecule has 1 aromatic rings. The molecule has 96 valence electrons. The molecule has 0 radical (unpaired) electrons. The molecule has 0 saturated carbocycles. The molecule has 17 heavy (non-hydrogen) atoms. The van der Waals surface area contributed by atoms with Crippen molar-refractivity contribution >= 4 is 11.6 Å². The normalized spacial score (nSPS) is 13.8. The number of ether oxygens (including phenoxy) is 1. The first-order valence-electron chi connectivity index (χ1n) is 5.59. The van der Waals surface area contributed by atoms with E-state index in [1.54, 1.807) is 19.2 Å². The molecule has 0 bridgehead atoms. The standard InChI is InChI=1S/C13H19ClFNO/c1-13(2,17-3)8-10(16)6-9-4-5-12(15)11(14)7-9/h4-5,7,10H,6,8,16H2,1-3H3. The van der Waals surface area contributed by atoms with Crippen molar-refractivity contribution in [3.8, 4) is 0 Å². The van der Waals surface area contributed by atoms with E-state index in [0.29, 0.717) is 6.42 Å². The summed E-state index contributed by atoms with van der Waals surface area (Å²) in [5.74, 6) is -0.402. The Hall–Kier alpha value is -0.640. The second-order valence-corrected chi connectivity index (χ2v) is 5.29. The van der Waals surface area contributed by atoms with Crippen molar-refractivity contribution < 1.29 is 9.13 Å². The average Bonchev–Trinajstić information content (AvgIpc) is 2.23. The third kappa shape index (κ3) is 4.62. The van der Waals surface area contributed by atoms with E-state index in [4.69, 9.17) is 22.1 Å². The summed E-state index contributed by atoms with van der Waals surface area (Å²) in [6, 6.07) is 4.66. The summed E-state index contributed by atoms with van der Waals surface area (Å²) in [5, 5.41) is 0.140. The van der Waals surface area contributed by atoms with Crippen molar-refractivity contribution in [1.29, 1.82) is 0 Å². The van der Waals surface area contributed by atoms with Crippen LogP contribution in [0, 0.1) is 5.82 Å². The smallest absolute Gasteiger partial charge is 0.141 e. The van der Waals surface area contributed by atoms with E-state index in [-0.39, 0.29) is 16.7 Å². The van der Waals surface area contributed by atoms with Crippen molar-refractivity contribution in [2.45, 2.75) is 38.3 Å². The molecule has 1 unspecified atom stereocenters. The Morgan fingerprint density at radius 1 is 1.47 bits per heavy atom. The molecular weight excluding hydrogens is 241 g/mol. The van der Waals surface area contributed by atoms with Gasteiger partial charge in [0.05, 0.1) is 10.6 Å². The second kappa shape index (κ2) is 5.80. The maximum atomic E-state index is 13.0. The van der Waals surface area contributed by atoms with E-state index in [9.17, 15) is 4.39 Å². The summed E-state index contributed by atoms with van der Waals surface area (Å²) >= 11 is 5.72. The number of rotatable bonds is 5. The maximum Gasteiger partial charge on any atom is 0.141 e. The lowest BCUT2D eigenvalue weighted by atomic mass is 9.95. The molecule has 2 N–H and O–H groups in total. The van der Waals surface area contributed by atoms with Crippen LogP contribution in [0.3, 0.4) is 0 Å². The molecule has 0 heterocycles. The summed E-state index contributed by atoms with van der Waals surface area (Å²) in [6.07, 6.45) is 1.39. The highest BCUT2D eigenvalue weighted by Crippen LogP contribution is 2.20. The Kier molecular flexibility index (Phi) is 4.92. The van der Waals surface area contributed by atoms with Crippen LogP contribution in [0.1, 0.15) is 25.8 Å². The molecule has 0 aliphatic heterocycles. The molecule has 4 heteroatoms. The number of nitrogens with two attached hydrogens (primary N) is 1. The number of hydrogen-bond donors (Lipinski definition) is 1. The van der Waals surface area contributed by atoms with Gasteiger partial charge in [-0.2, -0.15) is 0 Å². The summed E-state index contributed by atoms with van der Waals surface area (Å²) < 4.78 is 18.3. The van der Waals surface area contributed by atoms with Crippen molar-refractivity contribution in [2.75, 3.05) is 7.11 Å². The van der Waals surface area contributed by atoms with E-state index < -0.39 is 5.82 Å². The molecule has 0 spiro atoms. The molecule has 0 aromatic heterocycles. The topological polar surface area (TPSA) is 35.2 Å². The lowest BCUT2D eigenvalue weighted by Crippen LogP contribution is -2.35. The van der Waals surface area contributed by atoms with Crippen LogP contribution in [0.4, 0.5) is 4.39 Å². The minimum atomic E-state index is -0.402.